The summed E-state index contributed by atoms with van der Waals surface area (Å²) in [7, 11) is 0. The van der Waals surface area contributed by atoms with E-state index in [1.54, 1.807) is 0 Å². The van der Waals surface area contributed by atoms with Crippen LogP contribution in [0.4, 0.5) is 0 Å². The number of ether oxygens (including phenoxy) is 1. The summed E-state index contributed by atoms with van der Waals surface area (Å²) in [5.74, 6) is 0.598. The number of carbonyl (C=O) groups is 1. The van der Waals surface area contributed by atoms with Crippen molar-refractivity contribution in [3.05, 3.63) is 35.9 Å². The molecular formula is C15H20O2. The van der Waals surface area contributed by atoms with Gasteiger partial charge >= 0.3 is 5.97 Å². The number of carbonyl (C=O) groups excluding carboxylic acids is 1. The van der Waals surface area contributed by atoms with Crippen LogP contribution in [0.1, 0.15) is 49.4 Å². The third-order valence-electron chi connectivity index (χ3n) is 3.49. The summed E-state index contributed by atoms with van der Waals surface area (Å²) >= 11 is 0. The first-order valence-electron chi connectivity index (χ1n) is 6.51. The van der Waals surface area contributed by atoms with Crippen LogP contribution in [0.5, 0.6) is 0 Å². The lowest BCUT2D eigenvalue weighted by Crippen LogP contribution is -2.17. The van der Waals surface area contributed by atoms with Crippen molar-refractivity contribution in [1.29, 1.82) is 0 Å². The van der Waals surface area contributed by atoms with Crippen LogP contribution >= 0.6 is 0 Å². The summed E-state index contributed by atoms with van der Waals surface area (Å²) in [5, 5.41) is 0. The molecule has 0 radical (unpaired) electrons. The Morgan fingerprint density at radius 3 is 2.65 bits per heavy atom. The largest absolute Gasteiger partial charge is 0.459 e. The zero-order valence-electron chi connectivity index (χ0n) is 10.4. The van der Waals surface area contributed by atoms with Crippen LogP contribution < -0.4 is 0 Å². The second-order valence-corrected chi connectivity index (χ2v) is 5.01. The van der Waals surface area contributed by atoms with Gasteiger partial charge in [0.15, 0.2) is 0 Å². The second kappa shape index (κ2) is 5.85. The zero-order chi connectivity index (χ0) is 12.1. The number of esters is 1. The Morgan fingerprint density at radius 1 is 1.12 bits per heavy atom. The second-order valence-electron chi connectivity index (χ2n) is 5.01. The lowest BCUT2D eigenvalue weighted by molar-refractivity contribution is 0.0265. The van der Waals surface area contributed by atoms with Crippen molar-refractivity contribution in [2.75, 3.05) is 0 Å². The topological polar surface area (TPSA) is 26.3 Å². The van der Waals surface area contributed by atoms with Crippen molar-refractivity contribution in [2.24, 2.45) is 5.92 Å². The molecule has 0 unspecified atom stereocenters. The Kier molecular flexibility index (Phi) is 4.18. The Balaban J connectivity index is 1.90. The summed E-state index contributed by atoms with van der Waals surface area (Å²) in [6.07, 6.45) is 5.76. The summed E-state index contributed by atoms with van der Waals surface area (Å²) in [4.78, 5) is 11.9. The normalized spacial score (nSPS) is 25.0. The molecule has 92 valence electrons. The molecule has 2 heteroatoms. The number of rotatable bonds is 2. The minimum atomic E-state index is -0.176. The van der Waals surface area contributed by atoms with Gasteiger partial charge in [-0.25, -0.2) is 4.79 Å². The fourth-order valence-corrected chi connectivity index (χ4v) is 2.36. The Hall–Kier alpha value is -1.31. The molecule has 0 bridgehead atoms. The molecule has 1 aliphatic rings. The molecule has 1 aromatic rings. The molecule has 17 heavy (non-hydrogen) atoms. The standard InChI is InChI=1S/C15H20O2/c1-12-6-5-9-14(11-10-12)17-15(16)13-7-3-2-4-8-13/h2-4,7-8,12,14H,5-6,9-11H2,1H3/t12-,14-/m1/s1. The molecule has 0 heterocycles. The molecular weight excluding hydrogens is 212 g/mol. The van der Waals surface area contributed by atoms with E-state index in [-0.39, 0.29) is 12.1 Å². The highest BCUT2D eigenvalue weighted by molar-refractivity contribution is 5.89. The molecule has 0 N–H and O–H groups in total. The third-order valence-corrected chi connectivity index (χ3v) is 3.49. The van der Waals surface area contributed by atoms with Crippen LogP contribution in [0.25, 0.3) is 0 Å². The van der Waals surface area contributed by atoms with Crippen LogP contribution in [0, 0.1) is 5.92 Å². The average molecular weight is 232 g/mol. The SMILES string of the molecule is C[C@@H]1CCC[C@@H](OC(=O)c2ccccc2)CC1. The van der Waals surface area contributed by atoms with E-state index < -0.39 is 0 Å². The first-order valence-corrected chi connectivity index (χ1v) is 6.51. The summed E-state index contributed by atoms with van der Waals surface area (Å²) in [6.45, 7) is 2.28. The van der Waals surface area contributed by atoms with E-state index in [1.165, 1.54) is 19.3 Å². The molecule has 2 atom stereocenters. The molecule has 2 rings (SSSR count). The van der Waals surface area contributed by atoms with Gasteiger partial charge in [-0.15, -0.1) is 0 Å². The van der Waals surface area contributed by atoms with E-state index in [0.29, 0.717) is 5.56 Å². The minimum absolute atomic E-state index is 0.118. The molecule has 1 saturated carbocycles. The highest BCUT2D eigenvalue weighted by Gasteiger charge is 2.20. The molecule has 0 amide bonds. The average Bonchev–Trinajstić information content (AvgIpc) is 2.56. The van der Waals surface area contributed by atoms with Gasteiger partial charge in [-0.2, -0.15) is 0 Å². The van der Waals surface area contributed by atoms with Crippen molar-refractivity contribution in [2.45, 2.75) is 45.1 Å². The van der Waals surface area contributed by atoms with Crippen molar-refractivity contribution in [3.63, 3.8) is 0 Å². The van der Waals surface area contributed by atoms with Crippen LogP contribution in [-0.2, 0) is 4.74 Å². The maximum absolute atomic E-state index is 11.9. The predicted octanol–water partition coefficient (Wildman–Crippen LogP) is 3.81. The summed E-state index contributed by atoms with van der Waals surface area (Å²) in [6, 6.07) is 9.25. The highest BCUT2D eigenvalue weighted by Crippen LogP contribution is 2.25. The van der Waals surface area contributed by atoms with Gasteiger partial charge in [-0.1, -0.05) is 31.5 Å². The molecule has 0 spiro atoms. The Bertz CT molecular complexity index is 358. The van der Waals surface area contributed by atoms with Crippen molar-refractivity contribution >= 4 is 5.97 Å². The molecule has 1 aromatic carbocycles. The summed E-state index contributed by atoms with van der Waals surface area (Å²) < 4.78 is 5.57. The fraction of sp³-hybridized carbons (Fsp3) is 0.533. The van der Waals surface area contributed by atoms with E-state index in [2.05, 4.69) is 6.92 Å². The smallest absolute Gasteiger partial charge is 0.338 e. The van der Waals surface area contributed by atoms with Gasteiger partial charge in [0.05, 0.1) is 5.56 Å². The minimum Gasteiger partial charge on any atom is -0.459 e. The van der Waals surface area contributed by atoms with E-state index >= 15 is 0 Å². The van der Waals surface area contributed by atoms with Gasteiger partial charge in [0.25, 0.3) is 0 Å². The molecule has 1 aliphatic carbocycles. The zero-order valence-corrected chi connectivity index (χ0v) is 10.4. The Morgan fingerprint density at radius 2 is 1.88 bits per heavy atom. The van der Waals surface area contributed by atoms with Crippen LogP contribution in [0.15, 0.2) is 30.3 Å². The van der Waals surface area contributed by atoms with Gasteiger partial charge in [-0.3, -0.25) is 0 Å². The van der Waals surface area contributed by atoms with E-state index in [0.717, 1.165) is 18.8 Å². The van der Waals surface area contributed by atoms with Gasteiger partial charge in [0.2, 0.25) is 0 Å². The molecule has 0 aromatic heterocycles. The summed E-state index contributed by atoms with van der Waals surface area (Å²) in [5.41, 5.74) is 0.657. The van der Waals surface area contributed by atoms with E-state index in [1.807, 2.05) is 30.3 Å². The van der Waals surface area contributed by atoms with Gasteiger partial charge < -0.3 is 4.74 Å². The van der Waals surface area contributed by atoms with E-state index in [9.17, 15) is 4.79 Å². The molecule has 0 saturated heterocycles. The van der Waals surface area contributed by atoms with Crippen LogP contribution in [-0.4, -0.2) is 12.1 Å². The fourth-order valence-electron chi connectivity index (χ4n) is 2.36. The monoisotopic (exact) mass is 232 g/mol. The number of hydrogen-bond donors (Lipinski definition) is 0. The maximum Gasteiger partial charge on any atom is 0.338 e. The molecule has 2 nitrogen and oxygen atoms in total. The lowest BCUT2D eigenvalue weighted by atomic mass is 10.0. The third kappa shape index (κ3) is 3.58. The number of benzene rings is 1. The quantitative estimate of drug-likeness (QED) is 0.572. The first-order chi connectivity index (χ1) is 8.25. The van der Waals surface area contributed by atoms with Crippen molar-refractivity contribution in [3.8, 4) is 0 Å². The Labute approximate surface area is 103 Å². The van der Waals surface area contributed by atoms with Crippen LogP contribution in [0.3, 0.4) is 0 Å². The first kappa shape index (κ1) is 12.2. The van der Waals surface area contributed by atoms with E-state index in [4.69, 9.17) is 4.74 Å². The maximum atomic E-state index is 11.9. The molecule has 1 fully saturated rings. The van der Waals surface area contributed by atoms with Gasteiger partial charge in [0.1, 0.15) is 6.10 Å². The van der Waals surface area contributed by atoms with Crippen molar-refractivity contribution in [1.82, 2.24) is 0 Å². The van der Waals surface area contributed by atoms with Crippen LogP contribution in [0.2, 0.25) is 0 Å². The van der Waals surface area contributed by atoms with Crippen molar-refractivity contribution < 1.29 is 9.53 Å². The van der Waals surface area contributed by atoms with Gasteiger partial charge in [-0.05, 0) is 43.7 Å². The van der Waals surface area contributed by atoms with Gasteiger partial charge in [0, 0.05) is 0 Å². The highest BCUT2D eigenvalue weighted by atomic mass is 16.5. The predicted molar refractivity (Wildman–Crippen MR) is 67.9 cm³/mol. The lowest BCUT2D eigenvalue weighted by Gasteiger charge is -2.15. The number of hydrogen-bond acceptors (Lipinski definition) is 2. The molecule has 0 aliphatic heterocycles.